The number of hydrogen-bond donors (Lipinski definition) is 0. The van der Waals surface area contributed by atoms with E-state index < -0.39 is 8.38 Å². The second-order valence-electron chi connectivity index (χ2n) is 3.56. The summed E-state index contributed by atoms with van der Waals surface area (Å²) in [6, 6.07) is 17.3. The zero-order valence-electron chi connectivity index (χ0n) is 10.0. The second kappa shape index (κ2) is 6.75. The molecule has 0 aliphatic heterocycles. The van der Waals surface area contributed by atoms with E-state index in [1.165, 1.54) is 0 Å². The molecule has 0 aromatic heterocycles. The van der Waals surface area contributed by atoms with Crippen LogP contribution in [0.3, 0.4) is 0 Å². The second-order valence-corrected chi connectivity index (χ2v) is 5.46. The highest BCUT2D eigenvalue weighted by molar-refractivity contribution is 7.56. The maximum atomic E-state index is 5.88. The lowest BCUT2D eigenvalue weighted by Gasteiger charge is -2.17. The summed E-state index contributed by atoms with van der Waals surface area (Å²) in [5, 5.41) is 1.76. The molecule has 2 rings (SSSR count). The third kappa shape index (κ3) is 3.71. The Labute approximate surface area is 113 Å². The van der Waals surface area contributed by atoms with Crippen LogP contribution in [0, 0.1) is 0 Å². The van der Waals surface area contributed by atoms with E-state index in [0.717, 1.165) is 11.1 Å². The summed E-state index contributed by atoms with van der Waals surface area (Å²) in [4.78, 5) is 0. The molecule has 0 fully saturated rings. The van der Waals surface area contributed by atoms with Gasteiger partial charge in [0.1, 0.15) is 5.75 Å². The first kappa shape index (κ1) is 13.4. The SMILES string of the molecule is CCOP(Oc1ccc(Cl)cc1)c1ccccc1. The van der Waals surface area contributed by atoms with Gasteiger partial charge in [0.2, 0.25) is 0 Å². The molecule has 0 heterocycles. The minimum atomic E-state index is -1.08. The molecular formula is C14H14ClO2P. The van der Waals surface area contributed by atoms with Gasteiger partial charge >= 0.3 is 0 Å². The van der Waals surface area contributed by atoms with Crippen molar-refractivity contribution < 1.29 is 9.05 Å². The molecule has 0 amide bonds. The summed E-state index contributed by atoms with van der Waals surface area (Å²) in [5.74, 6) is 0.766. The first-order chi connectivity index (χ1) is 8.79. The summed E-state index contributed by atoms with van der Waals surface area (Å²) < 4.78 is 11.6. The van der Waals surface area contributed by atoms with Crippen LogP contribution in [0.2, 0.25) is 5.02 Å². The third-order valence-corrected chi connectivity index (χ3v) is 4.06. The molecule has 0 aliphatic rings. The molecule has 2 aromatic carbocycles. The van der Waals surface area contributed by atoms with Crippen molar-refractivity contribution in [2.24, 2.45) is 0 Å². The Hall–Kier alpha value is -1.08. The van der Waals surface area contributed by atoms with E-state index in [4.69, 9.17) is 20.6 Å². The number of benzene rings is 2. The number of hydrogen-bond acceptors (Lipinski definition) is 2. The van der Waals surface area contributed by atoms with Gasteiger partial charge in [-0.05, 0) is 43.3 Å². The molecule has 0 radical (unpaired) electrons. The van der Waals surface area contributed by atoms with Crippen LogP contribution in [0.25, 0.3) is 0 Å². The van der Waals surface area contributed by atoms with Crippen molar-refractivity contribution >= 4 is 25.3 Å². The quantitative estimate of drug-likeness (QED) is 0.756. The fourth-order valence-corrected chi connectivity index (χ4v) is 2.81. The van der Waals surface area contributed by atoms with Crippen molar-refractivity contribution in [3.8, 4) is 5.75 Å². The maximum absolute atomic E-state index is 5.88. The lowest BCUT2D eigenvalue weighted by atomic mass is 10.3. The van der Waals surface area contributed by atoms with Crippen molar-refractivity contribution in [2.45, 2.75) is 6.92 Å². The van der Waals surface area contributed by atoms with Gasteiger partial charge in [0.15, 0.2) is 0 Å². The van der Waals surface area contributed by atoms with Crippen LogP contribution in [-0.2, 0) is 4.52 Å². The van der Waals surface area contributed by atoms with Gasteiger partial charge in [-0.1, -0.05) is 29.8 Å². The van der Waals surface area contributed by atoms with E-state index >= 15 is 0 Å². The zero-order chi connectivity index (χ0) is 12.8. The Morgan fingerprint density at radius 2 is 1.67 bits per heavy atom. The minimum absolute atomic E-state index is 0.619. The summed E-state index contributed by atoms with van der Waals surface area (Å²) in [6.45, 7) is 2.58. The third-order valence-electron chi connectivity index (χ3n) is 2.22. The van der Waals surface area contributed by atoms with Gasteiger partial charge < -0.3 is 9.05 Å². The first-order valence-electron chi connectivity index (χ1n) is 5.71. The Kier molecular flexibility index (Phi) is 5.00. The molecule has 2 nitrogen and oxygen atoms in total. The summed E-state index contributed by atoms with van der Waals surface area (Å²) in [7, 11) is -1.08. The molecule has 0 saturated heterocycles. The normalized spacial score (nSPS) is 12.1. The Morgan fingerprint density at radius 3 is 2.28 bits per heavy atom. The standard InChI is InChI=1S/C14H14ClO2P/c1-2-16-18(14-6-4-3-5-7-14)17-13-10-8-12(15)9-11-13/h3-11H,2H2,1H3. The molecule has 1 atom stereocenters. The lowest BCUT2D eigenvalue weighted by molar-refractivity contribution is 0.341. The molecule has 0 bridgehead atoms. The molecular weight excluding hydrogens is 267 g/mol. The van der Waals surface area contributed by atoms with Gasteiger partial charge in [0.05, 0.1) is 6.61 Å². The topological polar surface area (TPSA) is 18.5 Å². The van der Waals surface area contributed by atoms with E-state index in [-0.39, 0.29) is 0 Å². The Balaban J connectivity index is 2.14. The van der Waals surface area contributed by atoms with Gasteiger partial charge in [-0.3, -0.25) is 0 Å². The predicted molar refractivity (Wildman–Crippen MR) is 76.7 cm³/mol. The van der Waals surface area contributed by atoms with E-state index in [1.54, 1.807) is 12.1 Å². The number of halogens is 1. The highest BCUT2D eigenvalue weighted by Gasteiger charge is 2.14. The average Bonchev–Trinajstić information content (AvgIpc) is 2.42. The number of rotatable bonds is 5. The molecule has 0 saturated carbocycles. The largest absolute Gasteiger partial charge is 0.444 e. The molecule has 0 aliphatic carbocycles. The smallest absolute Gasteiger partial charge is 0.265 e. The molecule has 94 valence electrons. The van der Waals surface area contributed by atoms with Crippen molar-refractivity contribution in [1.82, 2.24) is 0 Å². The molecule has 18 heavy (non-hydrogen) atoms. The van der Waals surface area contributed by atoms with Crippen LogP contribution in [0.1, 0.15) is 6.92 Å². The molecule has 2 aromatic rings. The van der Waals surface area contributed by atoms with Gasteiger partial charge in [0.25, 0.3) is 8.38 Å². The van der Waals surface area contributed by atoms with Crippen molar-refractivity contribution in [3.63, 3.8) is 0 Å². The van der Waals surface area contributed by atoms with Crippen molar-refractivity contribution in [3.05, 3.63) is 59.6 Å². The predicted octanol–water partition coefficient (Wildman–Crippen LogP) is 4.39. The van der Waals surface area contributed by atoms with Crippen LogP contribution in [0.5, 0.6) is 5.75 Å². The fourth-order valence-electron chi connectivity index (χ4n) is 1.41. The van der Waals surface area contributed by atoms with Crippen molar-refractivity contribution in [1.29, 1.82) is 0 Å². The zero-order valence-corrected chi connectivity index (χ0v) is 11.7. The fraction of sp³-hybridized carbons (Fsp3) is 0.143. The van der Waals surface area contributed by atoms with Gasteiger partial charge in [-0.25, -0.2) is 0 Å². The maximum Gasteiger partial charge on any atom is 0.265 e. The molecule has 0 N–H and O–H groups in total. The Morgan fingerprint density at radius 1 is 1.00 bits per heavy atom. The van der Waals surface area contributed by atoms with Crippen LogP contribution in [0.4, 0.5) is 0 Å². The van der Waals surface area contributed by atoms with Crippen LogP contribution in [0.15, 0.2) is 54.6 Å². The molecule has 0 spiro atoms. The summed E-state index contributed by atoms with van der Waals surface area (Å²) in [5.41, 5.74) is 0. The van der Waals surface area contributed by atoms with Crippen LogP contribution in [-0.4, -0.2) is 6.61 Å². The lowest BCUT2D eigenvalue weighted by Crippen LogP contribution is -2.07. The van der Waals surface area contributed by atoms with Crippen LogP contribution < -0.4 is 9.83 Å². The van der Waals surface area contributed by atoms with Gasteiger partial charge in [-0.2, -0.15) is 0 Å². The van der Waals surface area contributed by atoms with E-state index in [2.05, 4.69) is 0 Å². The summed E-state index contributed by atoms with van der Waals surface area (Å²) in [6.07, 6.45) is 0. The van der Waals surface area contributed by atoms with Crippen LogP contribution >= 0.6 is 20.0 Å². The van der Waals surface area contributed by atoms with Gasteiger partial charge in [0, 0.05) is 10.3 Å². The van der Waals surface area contributed by atoms with Gasteiger partial charge in [-0.15, -0.1) is 0 Å². The highest BCUT2D eigenvalue weighted by atomic mass is 35.5. The highest BCUT2D eigenvalue weighted by Crippen LogP contribution is 2.38. The molecule has 1 unspecified atom stereocenters. The van der Waals surface area contributed by atoms with Crippen molar-refractivity contribution in [2.75, 3.05) is 6.61 Å². The Bertz CT molecular complexity index is 473. The van der Waals surface area contributed by atoms with E-state index in [1.807, 2.05) is 49.4 Å². The minimum Gasteiger partial charge on any atom is -0.444 e. The average molecular weight is 281 g/mol. The monoisotopic (exact) mass is 280 g/mol. The molecule has 4 heteroatoms. The first-order valence-corrected chi connectivity index (χ1v) is 7.27. The van der Waals surface area contributed by atoms with E-state index in [9.17, 15) is 0 Å². The van der Waals surface area contributed by atoms with E-state index in [0.29, 0.717) is 11.6 Å². The summed E-state index contributed by atoms with van der Waals surface area (Å²) >= 11 is 5.84.